The summed E-state index contributed by atoms with van der Waals surface area (Å²) >= 11 is 0. The summed E-state index contributed by atoms with van der Waals surface area (Å²) in [6, 6.07) is 6.51. The zero-order valence-electron chi connectivity index (χ0n) is 11.5. The van der Waals surface area contributed by atoms with Crippen molar-refractivity contribution in [2.45, 2.75) is 19.8 Å². The van der Waals surface area contributed by atoms with E-state index in [-0.39, 0.29) is 0 Å². The summed E-state index contributed by atoms with van der Waals surface area (Å²) < 4.78 is 5.28. The Hall–Kier alpha value is -1.06. The van der Waals surface area contributed by atoms with Gasteiger partial charge in [-0.25, -0.2) is 0 Å². The van der Waals surface area contributed by atoms with Crippen LogP contribution in [0.25, 0.3) is 0 Å². The van der Waals surface area contributed by atoms with Crippen molar-refractivity contribution in [3.8, 4) is 5.75 Å². The van der Waals surface area contributed by atoms with Crippen LogP contribution in [0.5, 0.6) is 5.75 Å². The van der Waals surface area contributed by atoms with Gasteiger partial charge < -0.3 is 15.0 Å². The van der Waals surface area contributed by atoms with Gasteiger partial charge in [0, 0.05) is 26.2 Å². The Kier molecular flexibility index (Phi) is 5.02. The number of ether oxygens (including phenoxy) is 1. The van der Waals surface area contributed by atoms with Crippen molar-refractivity contribution in [2.24, 2.45) is 0 Å². The lowest BCUT2D eigenvalue weighted by molar-refractivity contribution is 0.238. The second kappa shape index (κ2) is 6.76. The first-order valence-electron chi connectivity index (χ1n) is 6.86. The molecule has 1 aliphatic rings. The molecule has 1 aromatic rings. The lowest BCUT2D eigenvalue weighted by atomic mass is 10.1. The van der Waals surface area contributed by atoms with Gasteiger partial charge in [0.25, 0.3) is 0 Å². The van der Waals surface area contributed by atoms with Crippen LogP contribution in [0.3, 0.4) is 0 Å². The summed E-state index contributed by atoms with van der Waals surface area (Å²) in [6.45, 7) is 8.00. The highest BCUT2D eigenvalue weighted by molar-refractivity contribution is 5.36. The smallest absolute Gasteiger partial charge is 0.121 e. The molecule has 1 fully saturated rings. The second-order valence-corrected chi connectivity index (χ2v) is 5.00. The zero-order valence-corrected chi connectivity index (χ0v) is 11.5. The molecule has 0 spiro atoms. The summed E-state index contributed by atoms with van der Waals surface area (Å²) in [4.78, 5) is 2.55. The maximum Gasteiger partial charge on any atom is 0.121 e. The number of hydrogen-bond donors (Lipinski definition) is 1. The lowest BCUT2D eigenvalue weighted by Crippen LogP contribution is -2.43. The molecule has 100 valence electrons. The number of benzene rings is 1. The Balaban J connectivity index is 1.77. The van der Waals surface area contributed by atoms with E-state index >= 15 is 0 Å². The number of piperazine rings is 1. The van der Waals surface area contributed by atoms with Crippen LogP contribution in [0.15, 0.2) is 18.2 Å². The van der Waals surface area contributed by atoms with Crippen LogP contribution in [0.1, 0.15) is 17.5 Å². The minimum Gasteiger partial charge on any atom is -0.496 e. The average molecular weight is 248 g/mol. The SMILES string of the molecule is COc1ccc(CCCN2CCNCC2)cc1C. The van der Waals surface area contributed by atoms with E-state index in [2.05, 4.69) is 35.3 Å². The molecule has 1 aliphatic heterocycles. The Bertz CT molecular complexity index is 373. The molecule has 3 heteroatoms. The van der Waals surface area contributed by atoms with Crippen LogP contribution >= 0.6 is 0 Å². The third-order valence-corrected chi connectivity index (χ3v) is 3.61. The fourth-order valence-corrected chi connectivity index (χ4v) is 2.54. The monoisotopic (exact) mass is 248 g/mol. The fourth-order valence-electron chi connectivity index (χ4n) is 2.54. The van der Waals surface area contributed by atoms with E-state index in [0.29, 0.717) is 0 Å². The number of aryl methyl sites for hydroxylation is 2. The molecule has 3 nitrogen and oxygen atoms in total. The highest BCUT2D eigenvalue weighted by atomic mass is 16.5. The number of methoxy groups -OCH3 is 1. The summed E-state index contributed by atoms with van der Waals surface area (Å²) in [6.07, 6.45) is 2.40. The highest BCUT2D eigenvalue weighted by Gasteiger charge is 2.08. The summed E-state index contributed by atoms with van der Waals surface area (Å²) in [5.74, 6) is 0.987. The summed E-state index contributed by atoms with van der Waals surface area (Å²) in [5.41, 5.74) is 2.65. The van der Waals surface area contributed by atoms with Gasteiger partial charge in [-0.05, 0) is 43.5 Å². The molecule has 0 aliphatic carbocycles. The molecule has 0 unspecified atom stereocenters. The van der Waals surface area contributed by atoms with E-state index in [1.807, 2.05) is 0 Å². The minimum absolute atomic E-state index is 0.987. The van der Waals surface area contributed by atoms with Gasteiger partial charge in [0.05, 0.1) is 7.11 Å². The number of nitrogens with one attached hydrogen (secondary N) is 1. The van der Waals surface area contributed by atoms with E-state index in [9.17, 15) is 0 Å². The molecule has 1 saturated heterocycles. The quantitative estimate of drug-likeness (QED) is 0.860. The first-order valence-corrected chi connectivity index (χ1v) is 6.86. The van der Waals surface area contributed by atoms with Crippen molar-refractivity contribution in [3.05, 3.63) is 29.3 Å². The largest absolute Gasteiger partial charge is 0.496 e. The first-order chi connectivity index (χ1) is 8.79. The standard InChI is InChI=1S/C15H24N2O/c1-13-12-14(5-6-15(13)18-2)4-3-9-17-10-7-16-8-11-17/h5-6,12,16H,3-4,7-11H2,1-2H3. The van der Waals surface area contributed by atoms with Crippen LogP contribution in [-0.2, 0) is 6.42 Å². The van der Waals surface area contributed by atoms with Gasteiger partial charge in [0.2, 0.25) is 0 Å². The maximum absolute atomic E-state index is 5.28. The molecule has 0 amide bonds. The van der Waals surface area contributed by atoms with Crippen molar-refractivity contribution < 1.29 is 4.74 Å². The molecule has 18 heavy (non-hydrogen) atoms. The Morgan fingerprint density at radius 3 is 2.72 bits per heavy atom. The van der Waals surface area contributed by atoms with Gasteiger partial charge in [0.15, 0.2) is 0 Å². The van der Waals surface area contributed by atoms with Crippen molar-refractivity contribution in [1.29, 1.82) is 0 Å². The Morgan fingerprint density at radius 1 is 1.28 bits per heavy atom. The van der Waals surface area contributed by atoms with Gasteiger partial charge in [-0.3, -0.25) is 0 Å². The van der Waals surface area contributed by atoms with Gasteiger partial charge in [-0.1, -0.05) is 12.1 Å². The molecule has 0 atom stereocenters. The minimum atomic E-state index is 0.987. The second-order valence-electron chi connectivity index (χ2n) is 5.00. The average Bonchev–Trinajstić information content (AvgIpc) is 2.40. The van der Waals surface area contributed by atoms with Crippen molar-refractivity contribution in [3.63, 3.8) is 0 Å². The third kappa shape index (κ3) is 3.72. The van der Waals surface area contributed by atoms with Crippen LogP contribution < -0.4 is 10.1 Å². The highest BCUT2D eigenvalue weighted by Crippen LogP contribution is 2.19. The van der Waals surface area contributed by atoms with Crippen LogP contribution in [-0.4, -0.2) is 44.7 Å². The van der Waals surface area contributed by atoms with E-state index in [1.54, 1.807) is 7.11 Å². The number of nitrogens with zero attached hydrogens (tertiary/aromatic N) is 1. The normalized spacial score (nSPS) is 16.8. The van der Waals surface area contributed by atoms with Crippen molar-refractivity contribution >= 4 is 0 Å². The molecular formula is C15H24N2O. The van der Waals surface area contributed by atoms with Crippen LogP contribution in [0, 0.1) is 6.92 Å². The molecule has 2 rings (SSSR count). The summed E-state index contributed by atoms with van der Waals surface area (Å²) in [5, 5.41) is 3.39. The van der Waals surface area contributed by atoms with Crippen LogP contribution in [0.4, 0.5) is 0 Å². The van der Waals surface area contributed by atoms with Gasteiger partial charge in [-0.15, -0.1) is 0 Å². The lowest BCUT2D eigenvalue weighted by Gasteiger charge is -2.27. The number of hydrogen-bond acceptors (Lipinski definition) is 3. The third-order valence-electron chi connectivity index (χ3n) is 3.61. The predicted molar refractivity (Wildman–Crippen MR) is 75.4 cm³/mol. The molecule has 1 heterocycles. The van der Waals surface area contributed by atoms with Gasteiger partial charge >= 0.3 is 0 Å². The molecular weight excluding hydrogens is 224 g/mol. The topological polar surface area (TPSA) is 24.5 Å². The molecule has 0 saturated carbocycles. The van der Waals surface area contributed by atoms with E-state index < -0.39 is 0 Å². The summed E-state index contributed by atoms with van der Waals surface area (Å²) in [7, 11) is 1.73. The van der Waals surface area contributed by atoms with Crippen molar-refractivity contribution in [2.75, 3.05) is 39.8 Å². The molecule has 0 radical (unpaired) electrons. The molecule has 0 bridgehead atoms. The predicted octanol–water partition coefficient (Wildman–Crippen LogP) is 1.84. The molecule has 0 aromatic heterocycles. The molecule has 1 N–H and O–H groups in total. The number of rotatable bonds is 5. The van der Waals surface area contributed by atoms with E-state index in [4.69, 9.17) is 4.74 Å². The van der Waals surface area contributed by atoms with Crippen molar-refractivity contribution in [1.82, 2.24) is 10.2 Å². The first kappa shape index (κ1) is 13.4. The van der Waals surface area contributed by atoms with Gasteiger partial charge in [-0.2, -0.15) is 0 Å². The van der Waals surface area contributed by atoms with E-state index in [0.717, 1.165) is 25.3 Å². The van der Waals surface area contributed by atoms with Crippen LogP contribution in [0.2, 0.25) is 0 Å². The Labute approximate surface area is 110 Å². The van der Waals surface area contributed by atoms with E-state index in [1.165, 1.54) is 37.2 Å². The fraction of sp³-hybridized carbons (Fsp3) is 0.600. The zero-order chi connectivity index (χ0) is 12.8. The Morgan fingerprint density at radius 2 is 2.06 bits per heavy atom. The molecule has 1 aromatic carbocycles. The van der Waals surface area contributed by atoms with Gasteiger partial charge in [0.1, 0.15) is 5.75 Å². The maximum atomic E-state index is 5.28.